The van der Waals surface area contributed by atoms with Gasteiger partial charge in [0.1, 0.15) is 5.82 Å². The Morgan fingerprint density at radius 2 is 2.23 bits per heavy atom. The van der Waals surface area contributed by atoms with Crippen LogP contribution in [0.25, 0.3) is 0 Å². The number of benzene rings is 1. The summed E-state index contributed by atoms with van der Waals surface area (Å²) in [5.74, 6) is -0.213. The molecule has 0 aromatic heterocycles. The van der Waals surface area contributed by atoms with Crippen LogP contribution in [0.4, 0.5) is 4.39 Å². The fourth-order valence-corrected chi connectivity index (χ4v) is 1.42. The molecule has 1 atom stereocenters. The van der Waals surface area contributed by atoms with Gasteiger partial charge in [-0.2, -0.15) is 0 Å². The van der Waals surface area contributed by atoms with E-state index in [1.165, 1.54) is 6.07 Å². The average Bonchev–Trinajstić information content (AvgIpc) is 2.02. The molecule has 0 amide bonds. The fourth-order valence-electron chi connectivity index (χ4n) is 1.09. The summed E-state index contributed by atoms with van der Waals surface area (Å²) < 4.78 is 13.9. The van der Waals surface area contributed by atoms with Crippen LogP contribution >= 0.6 is 15.9 Å². The lowest BCUT2D eigenvalue weighted by Gasteiger charge is -2.05. The molecule has 0 radical (unpaired) electrons. The van der Waals surface area contributed by atoms with Crippen molar-refractivity contribution < 1.29 is 9.50 Å². The Balaban J connectivity index is 2.67. The van der Waals surface area contributed by atoms with Gasteiger partial charge in [-0.05, 0) is 37.5 Å². The largest absolute Gasteiger partial charge is 0.393 e. The van der Waals surface area contributed by atoms with Crippen LogP contribution in [-0.4, -0.2) is 11.2 Å². The molecule has 0 aliphatic heterocycles. The second-order valence-corrected chi connectivity index (χ2v) is 4.04. The van der Waals surface area contributed by atoms with Crippen molar-refractivity contribution in [3.8, 4) is 0 Å². The Bertz CT molecular complexity index is 286. The molecule has 0 spiro atoms. The Kier molecular flexibility index (Phi) is 3.88. The molecule has 0 aliphatic rings. The highest BCUT2D eigenvalue weighted by atomic mass is 79.9. The summed E-state index contributed by atoms with van der Waals surface area (Å²) in [6, 6.07) is 4.99. The normalized spacial score (nSPS) is 12.9. The molecule has 72 valence electrons. The van der Waals surface area contributed by atoms with Crippen molar-refractivity contribution >= 4 is 15.9 Å². The van der Waals surface area contributed by atoms with E-state index < -0.39 is 0 Å². The summed E-state index contributed by atoms with van der Waals surface area (Å²) in [5, 5.41) is 9.03. The number of hydrogen-bond donors (Lipinski definition) is 1. The molecule has 0 fully saturated rings. The maximum Gasteiger partial charge on any atom is 0.127 e. The number of rotatable bonds is 3. The lowest BCUT2D eigenvalue weighted by atomic mass is 10.1. The minimum atomic E-state index is -0.372. The van der Waals surface area contributed by atoms with Crippen LogP contribution in [0.1, 0.15) is 18.9 Å². The second-order valence-electron chi connectivity index (χ2n) is 3.12. The zero-order chi connectivity index (χ0) is 9.84. The molecule has 1 aromatic rings. The molecular formula is C10H12BrFO. The smallest absolute Gasteiger partial charge is 0.127 e. The molecule has 13 heavy (non-hydrogen) atoms. The summed E-state index contributed by atoms with van der Waals surface area (Å²) in [5.41, 5.74) is 0.657. The van der Waals surface area contributed by atoms with Crippen LogP contribution in [0, 0.1) is 5.82 Å². The average molecular weight is 247 g/mol. The van der Waals surface area contributed by atoms with Gasteiger partial charge < -0.3 is 5.11 Å². The molecule has 0 bridgehead atoms. The number of aryl methyl sites for hydroxylation is 1. The fraction of sp³-hybridized carbons (Fsp3) is 0.400. The van der Waals surface area contributed by atoms with Gasteiger partial charge >= 0.3 is 0 Å². The van der Waals surface area contributed by atoms with Gasteiger partial charge in [0, 0.05) is 4.47 Å². The van der Waals surface area contributed by atoms with Crippen LogP contribution < -0.4 is 0 Å². The van der Waals surface area contributed by atoms with Crippen molar-refractivity contribution in [2.45, 2.75) is 25.9 Å². The third kappa shape index (κ3) is 3.44. The monoisotopic (exact) mass is 246 g/mol. The quantitative estimate of drug-likeness (QED) is 0.870. The van der Waals surface area contributed by atoms with Gasteiger partial charge in [-0.25, -0.2) is 4.39 Å². The highest BCUT2D eigenvalue weighted by Crippen LogP contribution is 2.16. The minimum Gasteiger partial charge on any atom is -0.393 e. The molecular weight excluding hydrogens is 235 g/mol. The van der Waals surface area contributed by atoms with E-state index in [2.05, 4.69) is 15.9 Å². The van der Waals surface area contributed by atoms with Gasteiger partial charge in [0.05, 0.1) is 6.10 Å². The maximum absolute atomic E-state index is 13.2. The first-order valence-electron chi connectivity index (χ1n) is 4.21. The van der Waals surface area contributed by atoms with E-state index >= 15 is 0 Å². The molecule has 0 unspecified atom stereocenters. The zero-order valence-electron chi connectivity index (χ0n) is 7.43. The molecule has 1 rings (SSSR count). The van der Waals surface area contributed by atoms with Gasteiger partial charge in [-0.15, -0.1) is 0 Å². The predicted octanol–water partition coefficient (Wildman–Crippen LogP) is 2.90. The van der Waals surface area contributed by atoms with E-state index in [1.54, 1.807) is 19.1 Å². The molecule has 3 heteroatoms. The number of aliphatic hydroxyl groups is 1. The van der Waals surface area contributed by atoms with Gasteiger partial charge in [0.15, 0.2) is 0 Å². The number of aliphatic hydroxyl groups excluding tert-OH is 1. The highest BCUT2D eigenvalue weighted by molar-refractivity contribution is 9.10. The molecule has 0 heterocycles. The summed E-state index contributed by atoms with van der Waals surface area (Å²) in [7, 11) is 0. The Labute approximate surface area is 85.7 Å². The zero-order valence-corrected chi connectivity index (χ0v) is 9.01. The molecule has 1 nitrogen and oxygen atoms in total. The van der Waals surface area contributed by atoms with E-state index in [-0.39, 0.29) is 11.9 Å². The van der Waals surface area contributed by atoms with Crippen molar-refractivity contribution in [2.75, 3.05) is 0 Å². The van der Waals surface area contributed by atoms with Crippen molar-refractivity contribution in [3.05, 3.63) is 34.1 Å². The van der Waals surface area contributed by atoms with Gasteiger partial charge in [0.2, 0.25) is 0 Å². The third-order valence-corrected chi connectivity index (χ3v) is 2.34. The predicted molar refractivity (Wildman–Crippen MR) is 54.1 cm³/mol. The van der Waals surface area contributed by atoms with E-state index in [9.17, 15) is 4.39 Å². The van der Waals surface area contributed by atoms with Crippen LogP contribution in [0.2, 0.25) is 0 Å². The van der Waals surface area contributed by atoms with Gasteiger partial charge in [-0.1, -0.05) is 22.0 Å². The van der Waals surface area contributed by atoms with Crippen LogP contribution in [0.15, 0.2) is 22.7 Å². The van der Waals surface area contributed by atoms with E-state index in [0.717, 1.165) is 4.47 Å². The lowest BCUT2D eigenvalue weighted by molar-refractivity contribution is 0.184. The SMILES string of the molecule is C[C@@H](O)CCc1ccc(Br)cc1F. The summed E-state index contributed by atoms with van der Waals surface area (Å²) in [6.45, 7) is 1.71. The van der Waals surface area contributed by atoms with E-state index in [0.29, 0.717) is 18.4 Å². The summed E-state index contributed by atoms with van der Waals surface area (Å²) >= 11 is 3.19. The standard InChI is InChI=1S/C10H12BrFO/c1-7(13)2-3-8-4-5-9(11)6-10(8)12/h4-7,13H,2-3H2,1H3/t7-/m1/s1. The first kappa shape index (κ1) is 10.7. The molecule has 1 aromatic carbocycles. The van der Waals surface area contributed by atoms with Crippen LogP contribution in [0.3, 0.4) is 0 Å². The van der Waals surface area contributed by atoms with E-state index in [1.807, 2.05) is 0 Å². The first-order valence-corrected chi connectivity index (χ1v) is 5.01. The minimum absolute atomic E-state index is 0.213. The van der Waals surface area contributed by atoms with E-state index in [4.69, 9.17) is 5.11 Å². The van der Waals surface area contributed by atoms with Gasteiger partial charge in [-0.3, -0.25) is 0 Å². The van der Waals surface area contributed by atoms with Crippen LogP contribution in [0.5, 0.6) is 0 Å². The third-order valence-electron chi connectivity index (χ3n) is 1.85. The number of hydrogen-bond acceptors (Lipinski definition) is 1. The highest BCUT2D eigenvalue weighted by Gasteiger charge is 2.04. The first-order chi connectivity index (χ1) is 6.09. The summed E-state index contributed by atoms with van der Waals surface area (Å²) in [4.78, 5) is 0. The lowest BCUT2D eigenvalue weighted by Crippen LogP contribution is -2.02. The van der Waals surface area contributed by atoms with Crippen LogP contribution in [-0.2, 0) is 6.42 Å². The number of halogens is 2. The van der Waals surface area contributed by atoms with Crippen molar-refractivity contribution in [1.82, 2.24) is 0 Å². The van der Waals surface area contributed by atoms with Crippen molar-refractivity contribution in [1.29, 1.82) is 0 Å². The molecule has 0 aliphatic carbocycles. The molecule has 0 saturated heterocycles. The molecule has 0 saturated carbocycles. The Hall–Kier alpha value is -0.410. The molecule has 1 N–H and O–H groups in total. The topological polar surface area (TPSA) is 20.2 Å². The van der Waals surface area contributed by atoms with Crippen molar-refractivity contribution in [3.63, 3.8) is 0 Å². The van der Waals surface area contributed by atoms with Gasteiger partial charge in [0.25, 0.3) is 0 Å². The summed E-state index contributed by atoms with van der Waals surface area (Å²) in [6.07, 6.45) is 0.804. The second kappa shape index (κ2) is 4.72. The Morgan fingerprint density at radius 3 is 2.77 bits per heavy atom. The Morgan fingerprint density at radius 1 is 1.54 bits per heavy atom. The van der Waals surface area contributed by atoms with Crippen molar-refractivity contribution in [2.24, 2.45) is 0 Å². The maximum atomic E-state index is 13.2.